The van der Waals surface area contributed by atoms with Gasteiger partial charge in [-0.3, -0.25) is 4.79 Å². The Kier molecular flexibility index (Phi) is 4.76. The molecule has 0 aromatic heterocycles. The number of carbonyl (C=O) groups is 1. The van der Waals surface area contributed by atoms with Crippen molar-refractivity contribution in [2.45, 2.75) is 51.2 Å². The highest BCUT2D eigenvalue weighted by Gasteiger charge is 2.18. The van der Waals surface area contributed by atoms with Gasteiger partial charge in [-0.15, -0.1) is 0 Å². The standard InChI is InChI=1S/C17H24N2O2/c20-16(11-15-8-1-2-10-21-15)19-12-14-6-3-5-13-7-4-9-18-17(13)14/h3,5-6,15,18H,1-2,4,7-12H2,(H,19,20). The highest BCUT2D eigenvalue weighted by atomic mass is 16.5. The number of carbonyl (C=O) groups excluding carboxylic acids is 1. The van der Waals surface area contributed by atoms with Crippen LogP contribution in [0.2, 0.25) is 0 Å². The van der Waals surface area contributed by atoms with E-state index in [1.807, 2.05) is 0 Å². The number of para-hydroxylation sites is 1. The van der Waals surface area contributed by atoms with Gasteiger partial charge in [0.25, 0.3) is 0 Å². The number of amides is 1. The van der Waals surface area contributed by atoms with Crippen LogP contribution in [0.25, 0.3) is 0 Å². The Morgan fingerprint density at radius 1 is 1.33 bits per heavy atom. The lowest BCUT2D eigenvalue weighted by atomic mass is 9.99. The normalized spacial score (nSPS) is 21.2. The van der Waals surface area contributed by atoms with Gasteiger partial charge < -0.3 is 15.4 Å². The zero-order valence-corrected chi connectivity index (χ0v) is 12.5. The molecule has 1 amide bonds. The molecule has 1 saturated heterocycles. The summed E-state index contributed by atoms with van der Waals surface area (Å²) in [5.41, 5.74) is 3.77. The second-order valence-electron chi connectivity index (χ2n) is 5.95. The minimum Gasteiger partial charge on any atom is -0.385 e. The van der Waals surface area contributed by atoms with Crippen LogP contribution in [0.3, 0.4) is 0 Å². The molecule has 114 valence electrons. The Bertz CT molecular complexity index is 496. The smallest absolute Gasteiger partial charge is 0.222 e. The summed E-state index contributed by atoms with van der Waals surface area (Å²) < 4.78 is 5.62. The molecule has 1 unspecified atom stereocenters. The predicted molar refractivity (Wildman–Crippen MR) is 83.3 cm³/mol. The summed E-state index contributed by atoms with van der Waals surface area (Å²) >= 11 is 0. The average molecular weight is 288 g/mol. The van der Waals surface area contributed by atoms with Crippen molar-refractivity contribution in [3.05, 3.63) is 29.3 Å². The molecule has 1 atom stereocenters. The average Bonchev–Trinajstić information content (AvgIpc) is 2.54. The fourth-order valence-electron chi connectivity index (χ4n) is 3.17. The molecule has 0 radical (unpaired) electrons. The number of aryl methyl sites for hydroxylation is 1. The van der Waals surface area contributed by atoms with Crippen LogP contribution in [-0.4, -0.2) is 25.2 Å². The third-order valence-corrected chi connectivity index (χ3v) is 4.32. The Hall–Kier alpha value is -1.55. The second-order valence-corrected chi connectivity index (χ2v) is 5.95. The van der Waals surface area contributed by atoms with Gasteiger partial charge in [0.1, 0.15) is 0 Å². The van der Waals surface area contributed by atoms with Crippen molar-refractivity contribution in [1.29, 1.82) is 0 Å². The van der Waals surface area contributed by atoms with E-state index in [2.05, 4.69) is 28.8 Å². The number of ether oxygens (including phenoxy) is 1. The van der Waals surface area contributed by atoms with Gasteiger partial charge in [-0.05, 0) is 43.2 Å². The second kappa shape index (κ2) is 6.94. The maximum atomic E-state index is 12.0. The Balaban J connectivity index is 1.53. The van der Waals surface area contributed by atoms with Crippen molar-refractivity contribution in [3.8, 4) is 0 Å². The molecule has 0 spiro atoms. The molecular formula is C17H24N2O2. The molecule has 1 fully saturated rings. The van der Waals surface area contributed by atoms with E-state index in [0.717, 1.165) is 32.4 Å². The first-order chi connectivity index (χ1) is 10.3. The van der Waals surface area contributed by atoms with Crippen molar-refractivity contribution >= 4 is 11.6 Å². The van der Waals surface area contributed by atoms with Crippen LogP contribution in [-0.2, 0) is 22.5 Å². The van der Waals surface area contributed by atoms with Crippen molar-refractivity contribution in [1.82, 2.24) is 5.32 Å². The van der Waals surface area contributed by atoms with Crippen molar-refractivity contribution < 1.29 is 9.53 Å². The maximum absolute atomic E-state index is 12.0. The lowest BCUT2D eigenvalue weighted by Gasteiger charge is -2.23. The monoisotopic (exact) mass is 288 g/mol. The molecule has 0 saturated carbocycles. The Morgan fingerprint density at radius 2 is 2.29 bits per heavy atom. The lowest BCUT2D eigenvalue weighted by Crippen LogP contribution is -2.30. The summed E-state index contributed by atoms with van der Waals surface area (Å²) in [5, 5.41) is 6.50. The molecule has 4 heteroatoms. The van der Waals surface area contributed by atoms with E-state index < -0.39 is 0 Å². The van der Waals surface area contributed by atoms with Gasteiger partial charge in [0.2, 0.25) is 5.91 Å². The molecular weight excluding hydrogens is 264 g/mol. The Morgan fingerprint density at radius 3 is 3.14 bits per heavy atom. The number of hydrogen-bond acceptors (Lipinski definition) is 3. The predicted octanol–water partition coefficient (Wildman–Crippen LogP) is 2.62. The molecule has 1 aromatic carbocycles. The summed E-state index contributed by atoms with van der Waals surface area (Å²) in [7, 11) is 0. The van der Waals surface area contributed by atoms with Crippen LogP contribution in [0.15, 0.2) is 18.2 Å². The van der Waals surface area contributed by atoms with Crippen molar-refractivity contribution in [2.24, 2.45) is 0 Å². The van der Waals surface area contributed by atoms with Crippen LogP contribution in [0, 0.1) is 0 Å². The van der Waals surface area contributed by atoms with Gasteiger partial charge in [0.05, 0.1) is 12.5 Å². The number of hydrogen-bond donors (Lipinski definition) is 2. The summed E-state index contributed by atoms with van der Waals surface area (Å²) in [6.45, 7) is 2.42. The third kappa shape index (κ3) is 3.76. The van der Waals surface area contributed by atoms with Gasteiger partial charge in [-0.1, -0.05) is 18.2 Å². The highest BCUT2D eigenvalue weighted by molar-refractivity contribution is 5.76. The molecule has 3 rings (SSSR count). The zero-order valence-electron chi connectivity index (χ0n) is 12.5. The van der Waals surface area contributed by atoms with E-state index in [1.165, 1.54) is 29.7 Å². The molecule has 0 aliphatic carbocycles. The van der Waals surface area contributed by atoms with E-state index in [1.54, 1.807) is 0 Å². The summed E-state index contributed by atoms with van der Waals surface area (Å²) in [6.07, 6.45) is 6.22. The quantitative estimate of drug-likeness (QED) is 0.895. The van der Waals surface area contributed by atoms with Crippen LogP contribution < -0.4 is 10.6 Å². The molecule has 0 bridgehead atoms. The molecule has 2 heterocycles. The maximum Gasteiger partial charge on any atom is 0.222 e. The topological polar surface area (TPSA) is 50.4 Å². The highest BCUT2D eigenvalue weighted by Crippen LogP contribution is 2.26. The fraction of sp³-hybridized carbons (Fsp3) is 0.588. The number of nitrogens with one attached hydrogen (secondary N) is 2. The molecule has 2 aliphatic rings. The van der Waals surface area contributed by atoms with E-state index in [4.69, 9.17) is 4.74 Å². The first-order valence-electron chi connectivity index (χ1n) is 8.06. The van der Waals surface area contributed by atoms with Gasteiger partial charge in [0, 0.05) is 25.4 Å². The van der Waals surface area contributed by atoms with Crippen molar-refractivity contribution in [2.75, 3.05) is 18.5 Å². The molecule has 2 aliphatic heterocycles. The van der Waals surface area contributed by atoms with Crippen LogP contribution >= 0.6 is 0 Å². The van der Waals surface area contributed by atoms with E-state index in [9.17, 15) is 4.79 Å². The zero-order chi connectivity index (χ0) is 14.5. The lowest BCUT2D eigenvalue weighted by molar-refractivity contribution is -0.125. The van der Waals surface area contributed by atoms with Gasteiger partial charge in [0.15, 0.2) is 0 Å². The van der Waals surface area contributed by atoms with Gasteiger partial charge >= 0.3 is 0 Å². The number of benzene rings is 1. The van der Waals surface area contributed by atoms with Gasteiger partial charge in [-0.2, -0.15) is 0 Å². The van der Waals surface area contributed by atoms with Crippen LogP contribution in [0.1, 0.15) is 43.2 Å². The van der Waals surface area contributed by atoms with Crippen LogP contribution in [0.5, 0.6) is 0 Å². The van der Waals surface area contributed by atoms with E-state index in [-0.39, 0.29) is 12.0 Å². The minimum atomic E-state index is 0.0929. The summed E-state index contributed by atoms with van der Waals surface area (Å²) in [6, 6.07) is 6.34. The fourth-order valence-corrected chi connectivity index (χ4v) is 3.17. The third-order valence-electron chi connectivity index (χ3n) is 4.32. The molecule has 1 aromatic rings. The SMILES string of the molecule is O=C(CC1CCCCO1)NCc1cccc2c1NCCC2. The first kappa shape index (κ1) is 14.4. The first-order valence-corrected chi connectivity index (χ1v) is 8.06. The molecule has 2 N–H and O–H groups in total. The largest absolute Gasteiger partial charge is 0.385 e. The summed E-state index contributed by atoms with van der Waals surface area (Å²) in [4.78, 5) is 12.0. The number of rotatable bonds is 4. The number of anilines is 1. The Labute approximate surface area is 126 Å². The van der Waals surface area contributed by atoms with Crippen LogP contribution in [0.4, 0.5) is 5.69 Å². The van der Waals surface area contributed by atoms with E-state index >= 15 is 0 Å². The minimum absolute atomic E-state index is 0.0929. The van der Waals surface area contributed by atoms with Gasteiger partial charge in [-0.25, -0.2) is 0 Å². The van der Waals surface area contributed by atoms with Crippen molar-refractivity contribution in [3.63, 3.8) is 0 Å². The van der Waals surface area contributed by atoms with E-state index in [0.29, 0.717) is 13.0 Å². The molecule has 21 heavy (non-hydrogen) atoms. The molecule has 4 nitrogen and oxygen atoms in total. The number of fused-ring (bicyclic) bond motifs is 1. The summed E-state index contributed by atoms with van der Waals surface area (Å²) in [5.74, 6) is 0.0929.